The number of sulfone groups is 1. The Morgan fingerprint density at radius 2 is 1.69 bits per heavy atom. The van der Waals surface area contributed by atoms with Crippen LogP contribution >= 0.6 is 0 Å². The number of hydrogen-bond acceptors (Lipinski definition) is 5. The maximum atomic E-state index is 13.9. The zero-order chi connectivity index (χ0) is 25.3. The minimum atomic E-state index is -3.49. The molecule has 1 aliphatic heterocycles. The van der Waals surface area contributed by atoms with Crippen molar-refractivity contribution in [2.45, 2.75) is 63.1 Å². The standard InChI is InChI=1S/C27H32N2O5S/c1-4-17(5-2)25-26(31)28-24(21-12-18-8-6-7-9-19(18)13-21)27(32)29(25)15-20-10-11-23(35(3,33)34)14-22(20)16-30/h6-11,14,16-17,21,24-25H,4-5,12-13,15H2,1-3H3,(H,28,31)/t24-,25-/m1/s1. The highest BCUT2D eigenvalue weighted by atomic mass is 32.2. The number of aldehydes is 1. The Kier molecular flexibility index (Phi) is 7.12. The number of rotatable bonds is 8. The van der Waals surface area contributed by atoms with Crippen molar-refractivity contribution in [1.82, 2.24) is 10.2 Å². The largest absolute Gasteiger partial charge is 0.342 e. The second-order valence-electron chi connectivity index (χ2n) is 9.66. The second-order valence-corrected chi connectivity index (χ2v) is 11.7. The number of nitrogens with one attached hydrogen (secondary N) is 1. The van der Waals surface area contributed by atoms with Crippen LogP contribution in [0.5, 0.6) is 0 Å². The Bertz CT molecular complexity index is 1230. The highest BCUT2D eigenvalue weighted by Crippen LogP contribution is 2.33. The van der Waals surface area contributed by atoms with Gasteiger partial charge in [0, 0.05) is 18.4 Å². The van der Waals surface area contributed by atoms with Gasteiger partial charge in [0.25, 0.3) is 0 Å². The Morgan fingerprint density at radius 3 is 2.23 bits per heavy atom. The number of hydrogen-bond donors (Lipinski definition) is 1. The maximum absolute atomic E-state index is 13.9. The lowest BCUT2D eigenvalue weighted by molar-refractivity contribution is -0.154. The first-order chi connectivity index (χ1) is 16.7. The topological polar surface area (TPSA) is 101 Å². The highest BCUT2D eigenvalue weighted by Gasteiger charge is 2.47. The lowest BCUT2D eigenvalue weighted by Gasteiger charge is -2.44. The van der Waals surface area contributed by atoms with Crippen molar-refractivity contribution in [3.05, 3.63) is 64.7 Å². The lowest BCUT2D eigenvalue weighted by Crippen LogP contribution is -2.66. The fourth-order valence-corrected chi connectivity index (χ4v) is 6.18. The van der Waals surface area contributed by atoms with Gasteiger partial charge in [-0.15, -0.1) is 0 Å². The summed E-state index contributed by atoms with van der Waals surface area (Å²) in [4.78, 5) is 40.8. The first-order valence-corrected chi connectivity index (χ1v) is 14.0. The predicted molar refractivity (Wildman–Crippen MR) is 133 cm³/mol. The normalized spacial score (nSPS) is 20.7. The van der Waals surface area contributed by atoms with Crippen LogP contribution < -0.4 is 5.32 Å². The van der Waals surface area contributed by atoms with E-state index in [1.54, 1.807) is 11.0 Å². The minimum absolute atomic E-state index is 0.0318. The number of amides is 2. The van der Waals surface area contributed by atoms with E-state index in [0.717, 1.165) is 31.9 Å². The van der Waals surface area contributed by atoms with Gasteiger partial charge >= 0.3 is 0 Å². The van der Waals surface area contributed by atoms with Crippen molar-refractivity contribution in [1.29, 1.82) is 0 Å². The molecule has 8 heteroatoms. The van der Waals surface area contributed by atoms with Gasteiger partial charge in [0.1, 0.15) is 18.4 Å². The van der Waals surface area contributed by atoms with Crippen LogP contribution in [-0.2, 0) is 38.8 Å². The molecule has 7 nitrogen and oxygen atoms in total. The number of carbonyl (C=O) groups excluding carboxylic acids is 3. The molecule has 0 spiro atoms. The van der Waals surface area contributed by atoms with Gasteiger partial charge in [-0.3, -0.25) is 14.4 Å². The molecule has 1 N–H and O–H groups in total. The van der Waals surface area contributed by atoms with E-state index >= 15 is 0 Å². The lowest BCUT2D eigenvalue weighted by atomic mass is 9.86. The van der Waals surface area contributed by atoms with Crippen LogP contribution in [0.1, 0.15) is 53.7 Å². The summed E-state index contributed by atoms with van der Waals surface area (Å²) in [5.74, 6) is -0.384. The molecule has 186 valence electrons. The van der Waals surface area contributed by atoms with Crippen LogP contribution in [-0.4, -0.2) is 49.8 Å². The minimum Gasteiger partial charge on any atom is -0.342 e. The van der Waals surface area contributed by atoms with Gasteiger partial charge in [-0.25, -0.2) is 8.42 Å². The molecule has 0 aromatic heterocycles. The fraction of sp³-hybridized carbons (Fsp3) is 0.444. The number of nitrogens with zero attached hydrogens (tertiary/aromatic N) is 1. The molecule has 0 unspecified atom stereocenters. The zero-order valence-electron chi connectivity index (χ0n) is 20.4. The zero-order valence-corrected chi connectivity index (χ0v) is 21.2. The summed E-state index contributed by atoms with van der Waals surface area (Å²) < 4.78 is 23.9. The molecule has 2 amide bonds. The Morgan fingerprint density at radius 1 is 1.06 bits per heavy atom. The Balaban J connectivity index is 1.69. The summed E-state index contributed by atoms with van der Waals surface area (Å²) in [6.45, 7) is 4.07. The van der Waals surface area contributed by atoms with Crippen molar-refractivity contribution < 1.29 is 22.8 Å². The summed E-state index contributed by atoms with van der Waals surface area (Å²) in [6.07, 6.45) is 4.59. The van der Waals surface area contributed by atoms with E-state index in [-0.39, 0.29) is 40.7 Å². The van der Waals surface area contributed by atoms with Crippen molar-refractivity contribution in [2.75, 3.05) is 6.26 Å². The molecule has 2 aliphatic rings. The van der Waals surface area contributed by atoms with Crippen molar-refractivity contribution in [2.24, 2.45) is 11.8 Å². The van der Waals surface area contributed by atoms with Gasteiger partial charge in [0.15, 0.2) is 9.84 Å². The van der Waals surface area contributed by atoms with Crippen LogP contribution in [0.2, 0.25) is 0 Å². The SMILES string of the molecule is CCC(CC)[C@@H]1C(=O)N[C@H](C2Cc3ccccc3C2)C(=O)N1Cc1ccc(S(C)(=O)=O)cc1C=O. The summed E-state index contributed by atoms with van der Waals surface area (Å²) >= 11 is 0. The molecular formula is C27H32N2O5S. The quantitative estimate of drug-likeness (QED) is 0.567. The van der Waals surface area contributed by atoms with Crippen LogP contribution in [0, 0.1) is 11.8 Å². The molecule has 1 fully saturated rings. The third-order valence-electron chi connectivity index (χ3n) is 7.51. The van der Waals surface area contributed by atoms with E-state index in [9.17, 15) is 22.8 Å². The average molecular weight is 497 g/mol. The summed E-state index contributed by atoms with van der Waals surface area (Å²) in [5.41, 5.74) is 3.14. The number of carbonyl (C=O) groups is 3. The molecule has 2 aromatic rings. The van der Waals surface area contributed by atoms with Crippen molar-refractivity contribution in [3.8, 4) is 0 Å². The van der Waals surface area contributed by atoms with E-state index in [1.165, 1.54) is 23.3 Å². The van der Waals surface area contributed by atoms with E-state index < -0.39 is 21.9 Å². The molecular weight excluding hydrogens is 464 g/mol. The molecule has 35 heavy (non-hydrogen) atoms. The fourth-order valence-electron chi connectivity index (χ4n) is 5.53. The monoisotopic (exact) mass is 496 g/mol. The van der Waals surface area contributed by atoms with Crippen molar-refractivity contribution >= 4 is 27.9 Å². The number of piperazine rings is 1. The van der Waals surface area contributed by atoms with E-state index in [4.69, 9.17) is 0 Å². The maximum Gasteiger partial charge on any atom is 0.246 e. The van der Waals surface area contributed by atoms with E-state index in [1.807, 2.05) is 26.0 Å². The number of benzene rings is 2. The Labute approximate surface area is 206 Å². The second kappa shape index (κ2) is 9.93. The van der Waals surface area contributed by atoms with Crippen LogP contribution in [0.15, 0.2) is 47.4 Å². The van der Waals surface area contributed by atoms with Gasteiger partial charge in [-0.2, -0.15) is 0 Å². The molecule has 1 heterocycles. The first-order valence-electron chi connectivity index (χ1n) is 12.1. The molecule has 0 bridgehead atoms. The van der Waals surface area contributed by atoms with Gasteiger partial charge in [-0.05, 0) is 53.5 Å². The third-order valence-corrected chi connectivity index (χ3v) is 8.62. The smallest absolute Gasteiger partial charge is 0.246 e. The number of fused-ring (bicyclic) bond motifs is 1. The van der Waals surface area contributed by atoms with Crippen molar-refractivity contribution in [3.63, 3.8) is 0 Å². The molecule has 2 atom stereocenters. The van der Waals surface area contributed by atoms with Gasteiger partial charge in [-0.1, -0.05) is 57.0 Å². The average Bonchev–Trinajstić information content (AvgIpc) is 3.27. The predicted octanol–water partition coefficient (Wildman–Crippen LogP) is 2.95. The summed E-state index contributed by atoms with van der Waals surface area (Å²) in [7, 11) is -3.49. The Hall–Kier alpha value is -3.00. The van der Waals surface area contributed by atoms with E-state index in [0.29, 0.717) is 11.8 Å². The van der Waals surface area contributed by atoms with Gasteiger partial charge in [0.2, 0.25) is 11.8 Å². The van der Waals surface area contributed by atoms with Crippen LogP contribution in [0.25, 0.3) is 0 Å². The van der Waals surface area contributed by atoms with E-state index in [2.05, 4.69) is 17.4 Å². The highest BCUT2D eigenvalue weighted by molar-refractivity contribution is 7.90. The summed E-state index contributed by atoms with van der Waals surface area (Å²) in [6, 6.07) is 11.2. The molecule has 1 aliphatic carbocycles. The van der Waals surface area contributed by atoms with Crippen LogP contribution in [0.4, 0.5) is 0 Å². The third kappa shape index (κ3) is 4.89. The molecule has 1 saturated heterocycles. The van der Waals surface area contributed by atoms with Gasteiger partial charge < -0.3 is 10.2 Å². The summed E-state index contributed by atoms with van der Waals surface area (Å²) in [5, 5.41) is 3.04. The van der Waals surface area contributed by atoms with Crippen LogP contribution in [0.3, 0.4) is 0 Å². The molecule has 4 rings (SSSR count). The molecule has 2 aromatic carbocycles. The first kappa shape index (κ1) is 25.1. The van der Waals surface area contributed by atoms with Gasteiger partial charge in [0.05, 0.1) is 4.90 Å². The molecule has 0 saturated carbocycles. The molecule has 0 radical (unpaired) electrons.